The number of halogens is 7. The van der Waals surface area contributed by atoms with Gasteiger partial charge in [0.25, 0.3) is 0 Å². The first kappa shape index (κ1) is 33.4. The summed E-state index contributed by atoms with van der Waals surface area (Å²) in [6.45, 7) is 12.4. The summed E-state index contributed by atoms with van der Waals surface area (Å²) >= 11 is 0. The number of rotatable bonds is 10. The van der Waals surface area contributed by atoms with Crippen molar-refractivity contribution in [1.29, 1.82) is 0 Å². The number of carbonyl (C=O) groups is 1. The van der Waals surface area contributed by atoms with Crippen molar-refractivity contribution in [3.63, 3.8) is 0 Å². The average Bonchev–Trinajstić information content (AvgIpc) is 2.86. The molecule has 1 amide bonds. The van der Waals surface area contributed by atoms with Crippen molar-refractivity contribution in [2.45, 2.75) is 77.4 Å². The van der Waals surface area contributed by atoms with Crippen LogP contribution in [0.4, 0.5) is 36.4 Å². The van der Waals surface area contributed by atoms with Crippen molar-refractivity contribution < 1.29 is 40.3 Å². The molecule has 0 radical (unpaired) electrons. The van der Waals surface area contributed by atoms with Gasteiger partial charge in [-0.1, -0.05) is 71.9 Å². The minimum atomic E-state index is -5.69. The molecule has 0 heterocycles. The summed E-state index contributed by atoms with van der Waals surface area (Å²) in [6.07, 6.45) is -5.81. The molecule has 0 aliphatic rings. The molecule has 2 aromatic rings. The molecule has 0 fully saturated rings. The van der Waals surface area contributed by atoms with Gasteiger partial charge in [-0.15, -0.1) is 11.5 Å². The van der Waals surface area contributed by atoms with Crippen LogP contribution >= 0.6 is 0 Å². The van der Waals surface area contributed by atoms with Gasteiger partial charge >= 0.3 is 6.18 Å². The molecule has 0 saturated heterocycles. The largest absolute Gasteiger partial charge is 0.422 e. The predicted octanol–water partition coefficient (Wildman–Crippen LogP) is 8.64. The number of hydrogen-bond acceptors (Lipinski definition) is 2. The molecule has 40 heavy (non-hydrogen) atoms. The van der Waals surface area contributed by atoms with Gasteiger partial charge in [-0.05, 0) is 22.2 Å². The van der Waals surface area contributed by atoms with Gasteiger partial charge in [0.1, 0.15) is 19.3 Å². The van der Waals surface area contributed by atoms with E-state index in [1.54, 1.807) is 35.6 Å². The summed E-state index contributed by atoms with van der Waals surface area (Å²) in [6, 6.07) is 8.92. The van der Waals surface area contributed by atoms with E-state index >= 15 is 0 Å². The fraction of sp³-hybridized carbons (Fsp3) is 0.483. The van der Waals surface area contributed by atoms with Gasteiger partial charge in [-0.25, -0.2) is 17.6 Å². The second-order valence-corrected chi connectivity index (χ2v) is 16.2. The van der Waals surface area contributed by atoms with Gasteiger partial charge in [0.15, 0.2) is 23.3 Å². The van der Waals surface area contributed by atoms with Crippen LogP contribution in [0.2, 0.25) is 16.6 Å². The number of anilines is 1. The minimum absolute atomic E-state index is 0.0903. The van der Waals surface area contributed by atoms with E-state index in [1.807, 2.05) is 0 Å². The first-order valence-electron chi connectivity index (χ1n) is 12.9. The Bertz CT molecular complexity index is 1180. The highest BCUT2D eigenvalue weighted by Gasteiger charge is 2.43. The van der Waals surface area contributed by atoms with E-state index in [-0.39, 0.29) is 36.3 Å². The fourth-order valence-corrected chi connectivity index (χ4v) is 10.4. The first-order valence-corrected chi connectivity index (χ1v) is 15.1. The van der Waals surface area contributed by atoms with E-state index in [1.165, 1.54) is 0 Å². The van der Waals surface area contributed by atoms with E-state index in [2.05, 4.69) is 53.0 Å². The molecule has 11 heteroatoms. The minimum Gasteiger partial charge on any atom is -0.376 e. The Balaban J connectivity index is 2.42. The molecule has 2 aromatic carbocycles. The topological polar surface area (TPSA) is 38.3 Å². The summed E-state index contributed by atoms with van der Waals surface area (Å²) in [7, 11) is -2.20. The van der Waals surface area contributed by atoms with E-state index < -0.39 is 60.6 Å². The molecule has 0 saturated carbocycles. The van der Waals surface area contributed by atoms with E-state index in [9.17, 15) is 35.5 Å². The third kappa shape index (κ3) is 7.46. The smallest absolute Gasteiger partial charge is 0.376 e. The predicted molar refractivity (Wildman–Crippen MR) is 143 cm³/mol. The van der Waals surface area contributed by atoms with Crippen LogP contribution < -0.4 is 5.32 Å². The molecule has 1 unspecified atom stereocenters. The molecule has 0 aliphatic carbocycles. The lowest BCUT2D eigenvalue weighted by atomic mass is 10.1. The second kappa shape index (κ2) is 13.7. The number of carbonyl (C=O) groups excluding carboxylic acids is 1. The van der Waals surface area contributed by atoms with Crippen LogP contribution in [0.15, 0.2) is 30.3 Å². The Labute approximate surface area is 231 Å². The molecule has 220 valence electrons. The maximum Gasteiger partial charge on any atom is 0.422 e. The van der Waals surface area contributed by atoms with Crippen molar-refractivity contribution in [1.82, 2.24) is 0 Å². The van der Waals surface area contributed by atoms with Crippen LogP contribution in [0.25, 0.3) is 0 Å². The lowest BCUT2D eigenvalue weighted by Gasteiger charge is -2.38. The summed E-state index contributed by atoms with van der Waals surface area (Å²) in [5, 5.41) is 1.73. The summed E-state index contributed by atoms with van der Waals surface area (Å²) in [5.74, 6) is -9.23. The fourth-order valence-electron chi connectivity index (χ4n) is 5.10. The summed E-state index contributed by atoms with van der Waals surface area (Å²) in [5.41, 5.74) is 0.671. The highest BCUT2D eigenvalue weighted by Crippen LogP contribution is 2.41. The van der Waals surface area contributed by atoms with Gasteiger partial charge in [-0.3, -0.25) is 4.79 Å². The van der Waals surface area contributed by atoms with E-state index in [0.29, 0.717) is 0 Å². The quantitative estimate of drug-likeness (QED) is 0.130. The number of alkyl halides is 3. The van der Waals surface area contributed by atoms with Gasteiger partial charge < -0.3 is 10.1 Å². The zero-order valence-corrected chi connectivity index (χ0v) is 24.3. The van der Waals surface area contributed by atoms with Crippen LogP contribution in [0.5, 0.6) is 0 Å². The Morgan fingerprint density at radius 3 is 1.82 bits per heavy atom. The van der Waals surface area contributed by atoms with Crippen LogP contribution in [0, 0.1) is 40.7 Å². The lowest BCUT2D eigenvalue weighted by molar-refractivity contribution is -0.143. The number of hydrogen-bond donors (Lipinski definition) is 1. The van der Waals surface area contributed by atoms with Crippen LogP contribution in [-0.4, -0.2) is 20.6 Å². The zero-order chi connectivity index (χ0) is 30.4. The molecule has 0 bridgehead atoms. The molecule has 1 atom stereocenters. The normalized spacial score (nSPS) is 13.0. The van der Waals surface area contributed by atoms with Crippen LogP contribution in [0.1, 0.15) is 59.1 Å². The van der Waals surface area contributed by atoms with Crippen molar-refractivity contribution in [3.8, 4) is 11.5 Å². The molecule has 0 aliphatic heterocycles. The Hall–Kier alpha value is -2.84. The van der Waals surface area contributed by atoms with Gasteiger partial charge in [0.05, 0.1) is 19.1 Å². The van der Waals surface area contributed by atoms with Crippen molar-refractivity contribution in [3.05, 3.63) is 64.7 Å². The maximum absolute atomic E-state index is 14.5. The maximum atomic E-state index is 14.5. The van der Waals surface area contributed by atoms with Gasteiger partial charge in [0, 0.05) is 6.42 Å². The van der Waals surface area contributed by atoms with Crippen molar-refractivity contribution in [2.24, 2.45) is 5.92 Å². The molecule has 3 nitrogen and oxygen atoms in total. The molecule has 2 rings (SSSR count). The SMILES string of the molecule is CC(C)[Si](C#CCC(COCc1ccccc1)C(=O)Nc1c(F)c(F)c(C(F)(F)F)c(F)c1F)(C(C)C)C(C)C. The summed E-state index contributed by atoms with van der Waals surface area (Å²) < 4.78 is 102. The molecule has 1 N–H and O–H groups in total. The number of benzene rings is 2. The Morgan fingerprint density at radius 2 is 1.38 bits per heavy atom. The number of amides is 1. The average molecular weight is 590 g/mol. The Kier molecular flexibility index (Phi) is 11.4. The molecule has 0 aromatic heterocycles. The highest BCUT2D eigenvalue weighted by molar-refractivity contribution is 6.90. The third-order valence-corrected chi connectivity index (χ3v) is 13.5. The molecular formula is C29H34F7NO2Si. The first-order chi connectivity index (χ1) is 18.6. The lowest BCUT2D eigenvalue weighted by Crippen LogP contribution is -2.43. The number of ether oxygens (including phenoxy) is 1. The third-order valence-electron chi connectivity index (χ3n) is 7.12. The van der Waals surface area contributed by atoms with Crippen LogP contribution in [-0.2, 0) is 22.3 Å². The second-order valence-electron chi connectivity index (χ2n) is 10.6. The monoisotopic (exact) mass is 589 g/mol. The van der Waals surface area contributed by atoms with E-state index in [4.69, 9.17) is 4.74 Å². The van der Waals surface area contributed by atoms with Crippen molar-refractivity contribution >= 4 is 19.7 Å². The highest BCUT2D eigenvalue weighted by atomic mass is 28.3. The molecular weight excluding hydrogens is 555 g/mol. The standard InChI is InChI=1S/C29H34F7NO2Si/c1-17(2)40(18(3)4,19(5)6)14-10-13-21(16-39-15-20-11-8-7-9-12-20)28(38)37-27-25(32)23(30)22(29(34,35)36)24(31)26(27)33/h7-9,11-12,17-19,21H,13,15-16H2,1-6H3,(H,37,38). The zero-order valence-electron chi connectivity index (χ0n) is 23.3. The Morgan fingerprint density at radius 1 is 0.875 bits per heavy atom. The molecule has 0 spiro atoms. The number of nitrogens with one attached hydrogen (secondary N) is 1. The van der Waals surface area contributed by atoms with Crippen molar-refractivity contribution in [2.75, 3.05) is 11.9 Å². The van der Waals surface area contributed by atoms with Crippen LogP contribution in [0.3, 0.4) is 0 Å². The summed E-state index contributed by atoms with van der Waals surface area (Å²) in [4.78, 5) is 13.1. The van der Waals surface area contributed by atoms with Gasteiger partial charge in [-0.2, -0.15) is 13.2 Å². The van der Waals surface area contributed by atoms with E-state index in [0.717, 1.165) is 5.56 Å². The van der Waals surface area contributed by atoms with Gasteiger partial charge in [0.2, 0.25) is 5.91 Å².